The molecule has 0 radical (unpaired) electrons. The molecule has 1 saturated carbocycles. The van der Waals surface area contributed by atoms with Gasteiger partial charge in [-0.3, -0.25) is 9.69 Å². The Balaban J connectivity index is 1.51. The lowest BCUT2D eigenvalue weighted by Gasteiger charge is -2.29. The molecule has 2 aromatic carbocycles. The van der Waals surface area contributed by atoms with Gasteiger partial charge in [-0.15, -0.1) is 13.2 Å². The smallest absolute Gasteiger partial charge is 0.406 e. The quantitative estimate of drug-likeness (QED) is 0.322. The number of anilines is 1. The second-order valence-corrected chi connectivity index (χ2v) is 10.2. The van der Waals surface area contributed by atoms with E-state index in [-0.39, 0.29) is 16.9 Å². The number of aromatic nitrogens is 2. The lowest BCUT2D eigenvalue weighted by atomic mass is 9.99. The molecule has 1 atom stereocenters. The van der Waals surface area contributed by atoms with Gasteiger partial charge in [-0.05, 0) is 80.8 Å². The highest BCUT2D eigenvalue weighted by molar-refractivity contribution is 6.09. The predicted octanol–water partition coefficient (Wildman–Crippen LogP) is 6.77. The van der Waals surface area contributed by atoms with Gasteiger partial charge in [0.2, 0.25) is 0 Å². The van der Waals surface area contributed by atoms with Crippen LogP contribution in [0.5, 0.6) is 5.75 Å². The molecule has 0 bridgehead atoms. The van der Waals surface area contributed by atoms with Crippen molar-refractivity contribution in [3.63, 3.8) is 0 Å². The molecule has 5 rings (SSSR count). The molecule has 210 valence electrons. The van der Waals surface area contributed by atoms with Crippen molar-refractivity contribution < 1.29 is 35.9 Å². The van der Waals surface area contributed by atoms with E-state index >= 15 is 0 Å². The minimum atomic E-state index is -4.93. The molecule has 1 aromatic heterocycles. The van der Waals surface area contributed by atoms with Gasteiger partial charge in [0.25, 0.3) is 5.91 Å². The molecule has 0 saturated heterocycles. The van der Waals surface area contributed by atoms with E-state index in [1.165, 1.54) is 23.1 Å². The maximum atomic E-state index is 13.7. The van der Waals surface area contributed by atoms with Crippen LogP contribution in [0.1, 0.15) is 61.3 Å². The van der Waals surface area contributed by atoms with Gasteiger partial charge in [0.15, 0.2) is 0 Å². The highest BCUT2D eigenvalue weighted by Gasteiger charge is 2.39. The zero-order valence-electron chi connectivity index (χ0n) is 21.3. The van der Waals surface area contributed by atoms with Crippen molar-refractivity contribution in [2.45, 2.75) is 56.7 Å². The van der Waals surface area contributed by atoms with Gasteiger partial charge >= 0.3 is 12.5 Å². The Bertz CT molecular complexity index is 1450. The maximum absolute atomic E-state index is 13.7. The fourth-order valence-electron chi connectivity index (χ4n) is 4.55. The van der Waals surface area contributed by atoms with Gasteiger partial charge in [-0.1, -0.05) is 12.1 Å². The molecule has 1 aliphatic carbocycles. The average molecular weight is 563 g/mol. The maximum Gasteiger partial charge on any atom is 0.573 e. The van der Waals surface area contributed by atoms with Gasteiger partial charge in [0.05, 0.1) is 28.5 Å². The van der Waals surface area contributed by atoms with Gasteiger partial charge in [-0.2, -0.15) is 13.2 Å². The number of hydrogen-bond donors (Lipinski definition) is 1. The largest absolute Gasteiger partial charge is 0.573 e. The van der Waals surface area contributed by atoms with E-state index in [0.29, 0.717) is 17.4 Å². The number of benzene rings is 2. The fourth-order valence-corrected chi connectivity index (χ4v) is 4.55. The highest BCUT2D eigenvalue weighted by atomic mass is 19.4. The Hall–Kier alpha value is -4.09. The number of ether oxygens (including phenoxy) is 1. The zero-order chi connectivity index (χ0) is 28.9. The number of carbonyl (C=O) groups is 1. The summed E-state index contributed by atoms with van der Waals surface area (Å²) in [6.07, 6.45) is -4.34. The Morgan fingerprint density at radius 2 is 1.68 bits per heavy atom. The van der Waals surface area contributed by atoms with Crippen molar-refractivity contribution >= 4 is 11.6 Å². The first-order chi connectivity index (χ1) is 18.7. The molecule has 1 unspecified atom stereocenters. The number of halogens is 6. The van der Waals surface area contributed by atoms with Crippen LogP contribution in [0.25, 0.3) is 0 Å². The van der Waals surface area contributed by atoms with Crippen molar-refractivity contribution in [1.29, 1.82) is 0 Å². The summed E-state index contributed by atoms with van der Waals surface area (Å²) in [7, 11) is 0. The molecule has 40 heavy (non-hydrogen) atoms. The molecule has 3 aromatic rings. The number of carbonyl (C=O) groups excluding carboxylic acids is 1. The lowest BCUT2D eigenvalue weighted by molar-refractivity contribution is -0.274. The van der Waals surface area contributed by atoms with Crippen molar-refractivity contribution in [3.05, 3.63) is 95.2 Å². The Kier molecular flexibility index (Phi) is 6.75. The fraction of sp³-hybridized carbons (Fsp3) is 0.321. The molecular weight excluding hydrogens is 538 g/mol. The molecule has 1 fully saturated rings. The third-order valence-electron chi connectivity index (χ3n) is 6.66. The molecule has 2 aliphatic rings. The second kappa shape index (κ2) is 9.83. The molecule has 1 aliphatic heterocycles. The number of rotatable bonds is 7. The number of nitrogens with one attached hydrogen (secondary N) is 1. The molecular formula is C28H24F6N4O2. The molecule has 2 heterocycles. The third kappa shape index (κ3) is 5.90. The number of amides is 1. The summed E-state index contributed by atoms with van der Waals surface area (Å²) in [4.78, 5) is 23.9. The van der Waals surface area contributed by atoms with Crippen LogP contribution in [0, 0.1) is 0 Å². The van der Waals surface area contributed by atoms with Gasteiger partial charge in [0, 0.05) is 17.8 Å². The van der Waals surface area contributed by atoms with Crippen molar-refractivity contribution in [2.75, 3.05) is 4.90 Å². The Labute approximate surface area is 225 Å². The van der Waals surface area contributed by atoms with Crippen LogP contribution >= 0.6 is 0 Å². The Morgan fingerprint density at radius 3 is 2.30 bits per heavy atom. The second-order valence-electron chi connectivity index (χ2n) is 10.2. The number of hydrogen-bond acceptors (Lipinski definition) is 5. The summed E-state index contributed by atoms with van der Waals surface area (Å²) in [5.74, 6) is -0.0522. The molecule has 0 spiro atoms. The summed E-state index contributed by atoms with van der Waals surface area (Å²) in [5.41, 5.74) is -0.623. The SMILES string of the molecule is CC(C)(NC1=CC(c2cccc(OC(F)(F)F)c2)N(c2ccc(C(F)(F)F)cc2)C1=O)c1ccnc(C2CC2)n1. The van der Waals surface area contributed by atoms with Crippen LogP contribution in [0.3, 0.4) is 0 Å². The molecule has 1 amide bonds. The minimum Gasteiger partial charge on any atom is -0.406 e. The summed E-state index contributed by atoms with van der Waals surface area (Å²) >= 11 is 0. The van der Waals surface area contributed by atoms with Gasteiger partial charge in [0.1, 0.15) is 11.6 Å². The average Bonchev–Trinajstić information content (AvgIpc) is 3.68. The van der Waals surface area contributed by atoms with Crippen LogP contribution < -0.4 is 15.0 Å². The van der Waals surface area contributed by atoms with E-state index < -0.39 is 41.3 Å². The van der Waals surface area contributed by atoms with Crippen LogP contribution in [0.4, 0.5) is 32.0 Å². The van der Waals surface area contributed by atoms with Gasteiger partial charge in [-0.25, -0.2) is 9.97 Å². The first-order valence-corrected chi connectivity index (χ1v) is 12.4. The van der Waals surface area contributed by atoms with Crippen LogP contribution in [0.2, 0.25) is 0 Å². The normalized spacial score (nSPS) is 18.1. The van der Waals surface area contributed by atoms with E-state index in [4.69, 9.17) is 0 Å². The number of alkyl halides is 6. The predicted molar refractivity (Wildman–Crippen MR) is 133 cm³/mol. The van der Waals surface area contributed by atoms with Crippen molar-refractivity contribution in [2.24, 2.45) is 0 Å². The van der Waals surface area contributed by atoms with Crippen LogP contribution in [0.15, 0.2) is 72.6 Å². The van der Waals surface area contributed by atoms with Crippen molar-refractivity contribution in [3.8, 4) is 5.75 Å². The Morgan fingerprint density at radius 1 is 0.975 bits per heavy atom. The molecule has 6 nitrogen and oxygen atoms in total. The summed E-state index contributed by atoms with van der Waals surface area (Å²) < 4.78 is 82.2. The first-order valence-electron chi connectivity index (χ1n) is 12.4. The summed E-state index contributed by atoms with van der Waals surface area (Å²) in [5, 5.41) is 3.18. The van der Waals surface area contributed by atoms with E-state index in [1.807, 2.05) is 13.8 Å². The molecule has 12 heteroatoms. The minimum absolute atomic E-state index is 0.114. The lowest BCUT2D eigenvalue weighted by Crippen LogP contribution is -2.41. The van der Waals surface area contributed by atoms with E-state index in [0.717, 1.165) is 49.2 Å². The standard InChI is InChI=1S/C28H24F6N4O2/c1-26(2,23-12-13-35-24(36-23)16-6-7-16)37-21-15-22(17-4-3-5-20(14-17)40-28(32,33)34)38(25(21)39)19-10-8-18(9-11-19)27(29,30)31/h3-5,8-16,22,37H,6-7H2,1-2H3. The first kappa shape index (κ1) is 27.5. The zero-order valence-corrected chi connectivity index (χ0v) is 21.3. The van der Waals surface area contributed by atoms with E-state index in [1.54, 1.807) is 12.3 Å². The van der Waals surface area contributed by atoms with E-state index in [9.17, 15) is 31.1 Å². The third-order valence-corrected chi connectivity index (χ3v) is 6.66. The van der Waals surface area contributed by atoms with E-state index in [2.05, 4.69) is 20.0 Å². The summed E-state index contributed by atoms with van der Waals surface area (Å²) in [6.45, 7) is 3.63. The van der Waals surface area contributed by atoms with Crippen LogP contribution in [-0.2, 0) is 16.5 Å². The topological polar surface area (TPSA) is 67.3 Å². The highest BCUT2D eigenvalue weighted by Crippen LogP contribution is 2.40. The van der Waals surface area contributed by atoms with Crippen molar-refractivity contribution in [1.82, 2.24) is 15.3 Å². The molecule has 1 N–H and O–H groups in total. The summed E-state index contributed by atoms with van der Waals surface area (Å²) in [6, 6.07) is 9.89. The number of nitrogens with zero attached hydrogens (tertiary/aromatic N) is 3. The monoisotopic (exact) mass is 562 g/mol. The van der Waals surface area contributed by atoms with Crippen LogP contribution in [-0.4, -0.2) is 22.2 Å². The van der Waals surface area contributed by atoms with Gasteiger partial charge < -0.3 is 10.1 Å².